The Morgan fingerprint density at radius 2 is 1.88 bits per heavy atom. The van der Waals surface area contributed by atoms with Gasteiger partial charge >= 0.3 is 5.97 Å². The second kappa shape index (κ2) is 12.2. The largest absolute Gasteiger partial charge is 0.457 e. The van der Waals surface area contributed by atoms with Gasteiger partial charge in [-0.1, -0.05) is 39.3 Å². The Morgan fingerprint density at radius 1 is 1.21 bits per heavy atom. The summed E-state index contributed by atoms with van der Waals surface area (Å²) in [5, 5.41) is 24.5. The summed E-state index contributed by atoms with van der Waals surface area (Å²) < 4.78 is 5.83. The predicted molar refractivity (Wildman–Crippen MR) is 136 cm³/mol. The summed E-state index contributed by atoms with van der Waals surface area (Å²) in [7, 11) is 0. The third kappa shape index (κ3) is 7.59. The molecule has 2 N–H and O–H groups in total. The molecule has 0 fully saturated rings. The minimum atomic E-state index is -1.21. The number of allylic oxidation sites excluding steroid dienone is 1. The molecule has 190 valence electrons. The van der Waals surface area contributed by atoms with E-state index in [0.717, 1.165) is 41.1 Å². The monoisotopic (exact) mass is 491 g/mol. The highest BCUT2D eigenvalue weighted by Crippen LogP contribution is 2.32. The molecular weight excluding hydrogens is 450 g/mol. The molecule has 34 heavy (non-hydrogen) atoms. The Kier molecular flexibility index (Phi) is 10.2. The van der Waals surface area contributed by atoms with E-state index in [2.05, 4.69) is 11.1 Å². The summed E-state index contributed by atoms with van der Waals surface area (Å²) in [4.78, 5) is 30.5. The average molecular weight is 492 g/mol. The fourth-order valence-electron chi connectivity index (χ4n) is 4.42. The molecule has 6 nitrogen and oxygen atoms in total. The van der Waals surface area contributed by atoms with Crippen molar-refractivity contribution in [3.63, 3.8) is 0 Å². The van der Waals surface area contributed by atoms with Crippen molar-refractivity contribution in [1.82, 2.24) is 4.98 Å². The van der Waals surface area contributed by atoms with Crippen LogP contribution in [0.4, 0.5) is 0 Å². The molecule has 0 unspecified atom stereocenters. The zero-order valence-corrected chi connectivity index (χ0v) is 22.4. The van der Waals surface area contributed by atoms with E-state index < -0.39 is 35.6 Å². The van der Waals surface area contributed by atoms with Crippen molar-refractivity contribution in [3.05, 3.63) is 33.3 Å². The summed E-state index contributed by atoms with van der Waals surface area (Å²) in [5.74, 6) is -1.48. The third-order valence-corrected chi connectivity index (χ3v) is 7.79. The molecule has 1 aromatic heterocycles. The highest BCUT2D eigenvalue weighted by molar-refractivity contribution is 7.09. The van der Waals surface area contributed by atoms with Gasteiger partial charge in [-0.2, -0.15) is 0 Å². The van der Waals surface area contributed by atoms with Crippen LogP contribution in [0.3, 0.4) is 0 Å². The van der Waals surface area contributed by atoms with E-state index in [1.165, 1.54) is 0 Å². The van der Waals surface area contributed by atoms with Crippen molar-refractivity contribution < 1.29 is 24.5 Å². The maximum atomic E-state index is 13.2. The fraction of sp³-hybridized carbons (Fsp3) is 0.667. The second-order valence-electron chi connectivity index (χ2n) is 10.4. The van der Waals surface area contributed by atoms with E-state index in [1.807, 2.05) is 39.2 Å². The van der Waals surface area contributed by atoms with Crippen LogP contribution in [0.2, 0.25) is 0 Å². The number of nitrogens with zero attached hydrogens (tertiary/aromatic N) is 1. The molecule has 0 spiro atoms. The summed E-state index contributed by atoms with van der Waals surface area (Å²) in [6.45, 7) is 12.8. The highest BCUT2D eigenvalue weighted by atomic mass is 32.1. The molecule has 0 bridgehead atoms. The Hall–Kier alpha value is -1.83. The molecule has 1 aliphatic rings. The summed E-state index contributed by atoms with van der Waals surface area (Å²) in [6.07, 6.45) is 4.38. The van der Waals surface area contributed by atoms with E-state index >= 15 is 0 Å². The molecule has 1 aliphatic heterocycles. The van der Waals surface area contributed by atoms with E-state index in [0.29, 0.717) is 6.42 Å². The van der Waals surface area contributed by atoms with E-state index in [9.17, 15) is 19.8 Å². The lowest BCUT2D eigenvalue weighted by atomic mass is 9.73. The smallest absolute Gasteiger partial charge is 0.309 e. The summed E-state index contributed by atoms with van der Waals surface area (Å²) in [5.41, 5.74) is 1.63. The molecule has 2 rings (SSSR count). The molecule has 0 saturated heterocycles. The Labute approximate surface area is 208 Å². The fourth-order valence-corrected chi connectivity index (χ4v) is 4.99. The summed E-state index contributed by atoms with van der Waals surface area (Å²) >= 11 is 1.56. The number of hydrogen-bond donors (Lipinski definition) is 2. The van der Waals surface area contributed by atoms with Crippen LogP contribution in [0, 0.1) is 24.2 Å². The van der Waals surface area contributed by atoms with Gasteiger partial charge in [-0.15, -0.1) is 11.3 Å². The molecule has 2 heterocycles. The number of rotatable bonds is 2. The topological polar surface area (TPSA) is 96.7 Å². The number of carbonyl (C=O) groups is 2. The van der Waals surface area contributed by atoms with Gasteiger partial charge in [0.2, 0.25) is 0 Å². The van der Waals surface area contributed by atoms with Crippen molar-refractivity contribution in [2.75, 3.05) is 0 Å². The molecule has 0 amide bonds. The first-order valence-corrected chi connectivity index (χ1v) is 13.1. The maximum Gasteiger partial charge on any atom is 0.309 e. The standard InChI is InChI=1S/C27H41NO5S/c1-16-10-8-9-11-17(2)25(31)19(4)26(32)27(6,7)23(29)14-24(30)33-22(12-16)18(3)13-21-15-34-20(5)28-21/h10,13,15,17,19,22-23,25,29,31H,8-9,11-12,14H2,1-7H3/b16-10-,18-13+/t17-,19-,22-,23-,25+/m0/s1. The van der Waals surface area contributed by atoms with Gasteiger partial charge in [0.1, 0.15) is 11.9 Å². The number of aliphatic hydroxyl groups is 2. The number of aromatic nitrogens is 1. The predicted octanol–water partition coefficient (Wildman–Crippen LogP) is 5.27. The Bertz CT molecular complexity index is 916. The van der Waals surface area contributed by atoms with Gasteiger partial charge in [0.15, 0.2) is 0 Å². The summed E-state index contributed by atoms with van der Waals surface area (Å²) in [6, 6.07) is 0. The van der Waals surface area contributed by atoms with Crippen LogP contribution in [0.15, 0.2) is 22.6 Å². The van der Waals surface area contributed by atoms with Crippen molar-refractivity contribution in [3.8, 4) is 0 Å². The number of ketones is 1. The molecule has 0 aromatic carbocycles. The number of esters is 1. The molecule has 0 radical (unpaired) electrons. The molecular formula is C27H41NO5S. The minimum absolute atomic E-state index is 0.0436. The number of ether oxygens (including phenoxy) is 1. The van der Waals surface area contributed by atoms with E-state index in [1.54, 1.807) is 32.1 Å². The lowest BCUT2D eigenvalue weighted by molar-refractivity contribution is -0.154. The van der Waals surface area contributed by atoms with E-state index in [4.69, 9.17) is 4.74 Å². The van der Waals surface area contributed by atoms with Gasteiger partial charge < -0.3 is 14.9 Å². The molecule has 0 saturated carbocycles. The Balaban J connectivity index is 2.33. The maximum absolute atomic E-state index is 13.2. The second-order valence-corrected chi connectivity index (χ2v) is 11.5. The molecule has 5 atom stereocenters. The van der Waals surface area contributed by atoms with Crippen LogP contribution in [0.1, 0.15) is 84.3 Å². The van der Waals surface area contributed by atoms with Crippen LogP contribution in [0.5, 0.6) is 0 Å². The minimum Gasteiger partial charge on any atom is -0.457 e. The van der Waals surface area contributed by atoms with Crippen LogP contribution in [-0.4, -0.2) is 45.3 Å². The van der Waals surface area contributed by atoms with E-state index in [-0.39, 0.29) is 18.1 Å². The van der Waals surface area contributed by atoms with Gasteiger partial charge in [-0.05, 0) is 57.6 Å². The number of aliphatic hydroxyl groups excluding tert-OH is 2. The molecule has 0 aliphatic carbocycles. The van der Waals surface area contributed by atoms with Gasteiger partial charge in [-0.3, -0.25) is 9.59 Å². The van der Waals surface area contributed by atoms with Crippen molar-refractivity contribution in [1.29, 1.82) is 0 Å². The quantitative estimate of drug-likeness (QED) is 0.432. The number of carbonyl (C=O) groups excluding carboxylic acids is 2. The number of thiazole rings is 1. The van der Waals surface area contributed by atoms with Crippen molar-refractivity contribution >= 4 is 29.2 Å². The van der Waals surface area contributed by atoms with Crippen LogP contribution >= 0.6 is 11.3 Å². The number of Topliss-reactive ketones (excluding diaryl/α,β-unsaturated/α-hetero) is 1. The normalized spacial score (nSPS) is 32.1. The first-order valence-electron chi connectivity index (χ1n) is 12.2. The van der Waals surface area contributed by atoms with Crippen molar-refractivity contribution in [2.45, 2.75) is 98.9 Å². The average Bonchev–Trinajstić information content (AvgIpc) is 3.17. The zero-order chi connectivity index (χ0) is 25.6. The lowest BCUT2D eigenvalue weighted by Crippen LogP contribution is -2.45. The highest BCUT2D eigenvalue weighted by Gasteiger charge is 2.42. The first kappa shape index (κ1) is 28.4. The Morgan fingerprint density at radius 3 is 2.50 bits per heavy atom. The van der Waals surface area contributed by atoms with Gasteiger partial charge in [0.25, 0.3) is 0 Å². The van der Waals surface area contributed by atoms with Crippen LogP contribution < -0.4 is 0 Å². The van der Waals surface area contributed by atoms with Crippen LogP contribution in [-0.2, 0) is 14.3 Å². The van der Waals surface area contributed by atoms with Crippen LogP contribution in [0.25, 0.3) is 6.08 Å². The van der Waals surface area contributed by atoms with Gasteiger partial charge in [-0.25, -0.2) is 4.98 Å². The number of aryl methyl sites for hydroxylation is 1. The molecule has 7 heteroatoms. The van der Waals surface area contributed by atoms with Gasteiger partial charge in [0, 0.05) is 17.7 Å². The first-order chi connectivity index (χ1) is 15.8. The SMILES string of the molecule is C/C1=C/CCC[C@H](C)[C@@H](O)[C@H](C)C(=O)C(C)(C)[C@@H](O)CC(=O)O[C@H](/C(C)=C/c2csc(C)n2)C1. The number of hydrogen-bond acceptors (Lipinski definition) is 7. The van der Waals surface area contributed by atoms with Gasteiger partial charge in [0.05, 0.1) is 34.7 Å². The number of cyclic esters (lactones) is 1. The third-order valence-electron chi connectivity index (χ3n) is 6.99. The van der Waals surface area contributed by atoms with Crippen molar-refractivity contribution in [2.24, 2.45) is 17.3 Å². The zero-order valence-electron chi connectivity index (χ0n) is 21.6. The molecule has 1 aromatic rings. The lowest BCUT2D eigenvalue weighted by Gasteiger charge is -2.34.